The Morgan fingerprint density at radius 2 is 2.18 bits per heavy atom. The molecule has 0 unspecified atom stereocenters. The van der Waals surface area contributed by atoms with Crippen LogP contribution in [0.4, 0.5) is 5.69 Å². The maximum Gasteiger partial charge on any atom is 0.310 e. The number of hydrogen-bond acceptors (Lipinski definition) is 5. The third kappa shape index (κ3) is 3.92. The number of carbonyl (C=O) groups excluding carboxylic acids is 1. The summed E-state index contributed by atoms with van der Waals surface area (Å²) in [6.07, 6.45) is 3.34. The van der Waals surface area contributed by atoms with Crippen LogP contribution in [0, 0.1) is 10.1 Å². The molecule has 0 aliphatic rings. The van der Waals surface area contributed by atoms with Gasteiger partial charge in [0.15, 0.2) is 12.4 Å². The van der Waals surface area contributed by atoms with E-state index < -0.39 is 10.8 Å². The largest absolute Gasteiger partial charge is 0.477 e. The quantitative estimate of drug-likeness (QED) is 0.496. The third-order valence-corrected chi connectivity index (χ3v) is 2.79. The van der Waals surface area contributed by atoms with Gasteiger partial charge in [0.1, 0.15) is 0 Å². The highest BCUT2D eigenvalue weighted by Crippen LogP contribution is 2.25. The minimum Gasteiger partial charge on any atom is -0.477 e. The van der Waals surface area contributed by atoms with Crippen molar-refractivity contribution >= 4 is 17.8 Å². The average molecular weight is 302 g/mol. The lowest BCUT2D eigenvalue weighted by Crippen LogP contribution is -2.24. The number of hydrazone groups is 1. The molecule has 0 fully saturated rings. The van der Waals surface area contributed by atoms with E-state index in [-0.39, 0.29) is 18.0 Å². The highest BCUT2D eigenvalue weighted by molar-refractivity contribution is 5.81. The van der Waals surface area contributed by atoms with Gasteiger partial charge in [-0.25, -0.2) is 5.43 Å². The van der Waals surface area contributed by atoms with Crippen molar-refractivity contribution < 1.29 is 14.5 Å². The number of nitro groups is 1. The molecule has 0 bridgehead atoms. The lowest BCUT2D eigenvalue weighted by Gasteiger charge is -2.05. The molecule has 2 rings (SSSR count). The molecule has 0 radical (unpaired) electrons. The Balaban J connectivity index is 1.87. The highest BCUT2D eigenvalue weighted by Gasteiger charge is 2.14. The van der Waals surface area contributed by atoms with Gasteiger partial charge in [0.2, 0.25) is 0 Å². The number of nitro benzene ring substituents is 1. The molecule has 2 aromatic rings. The van der Waals surface area contributed by atoms with E-state index in [0.29, 0.717) is 0 Å². The Morgan fingerprint density at radius 1 is 1.41 bits per heavy atom. The maximum absolute atomic E-state index is 11.6. The smallest absolute Gasteiger partial charge is 0.310 e. The molecular formula is C14H14N4O4. The molecule has 8 nitrogen and oxygen atoms in total. The fraction of sp³-hybridized carbons (Fsp3) is 0.143. The Kier molecular flexibility index (Phi) is 4.86. The highest BCUT2D eigenvalue weighted by atomic mass is 16.6. The van der Waals surface area contributed by atoms with E-state index in [0.717, 1.165) is 5.69 Å². The van der Waals surface area contributed by atoms with Crippen LogP contribution >= 0.6 is 0 Å². The van der Waals surface area contributed by atoms with E-state index in [1.807, 2.05) is 29.9 Å². The molecule has 0 aliphatic carbocycles. The van der Waals surface area contributed by atoms with Crippen molar-refractivity contribution in [3.8, 4) is 5.75 Å². The lowest BCUT2D eigenvalue weighted by molar-refractivity contribution is -0.385. The minimum absolute atomic E-state index is 0.0362. The molecule has 0 atom stereocenters. The lowest BCUT2D eigenvalue weighted by atomic mass is 10.3. The molecule has 22 heavy (non-hydrogen) atoms. The van der Waals surface area contributed by atoms with E-state index in [1.165, 1.54) is 24.4 Å². The summed E-state index contributed by atoms with van der Waals surface area (Å²) in [4.78, 5) is 21.8. The van der Waals surface area contributed by atoms with Gasteiger partial charge in [-0.3, -0.25) is 14.9 Å². The first-order valence-corrected chi connectivity index (χ1v) is 6.37. The molecule has 0 aliphatic heterocycles. The number of nitrogens with one attached hydrogen (secondary N) is 1. The van der Waals surface area contributed by atoms with Gasteiger partial charge in [-0.05, 0) is 18.2 Å². The van der Waals surface area contributed by atoms with E-state index in [1.54, 1.807) is 6.07 Å². The molecular weight excluding hydrogens is 288 g/mol. The first-order valence-electron chi connectivity index (χ1n) is 6.37. The molecule has 8 heteroatoms. The standard InChI is InChI=1S/C14H14N4O4/c1-17-8-4-5-11(17)9-15-16-14(19)10-22-13-7-3-2-6-12(13)18(20)21/h2-9H,10H2,1H3,(H,16,19)/b15-9-. The monoisotopic (exact) mass is 302 g/mol. The van der Waals surface area contributed by atoms with Crippen LogP contribution in [-0.2, 0) is 11.8 Å². The van der Waals surface area contributed by atoms with Crippen molar-refractivity contribution in [3.05, 3.63) is 58.4 Å². The number of carbonyl (C=O) groups is 1. The Bertz CT molecular complexity index is 708. The van der Waals surface area contributed by atoms with Gasteiger partial charge in [-0.2, -0.15) is 5.10 Å². The van der Waals surface area contributed by atoms with E-state index in [4.69, 9.17) is 4.74 Å². The second kappa shape index (κ2) is 7.02. The fourth-order valence-corrected chi connectivity index (χ4v) is 1.68. The summed E-state index contributed by atoms with van der Waals surface area (Å²) >= 11 is 0. The third-order valence-electron chi connectivity index (χ3n) is 2.79. The zero-order chi connectivity index (χ0) is 15.9. The Hall–Kier alpha value is -3.16. The van der Waals surface area contributed by atoms with E-state index in [9.17, 15) is 14.9 Å². The van der Waals surface area contributed by atoms with Gasteiger partial charge >= 0.3 is 5.69 Å². The number of nitrogens with zero attached hydrogens (tertiary/aromatic N) is 3. The van der Waals surface area contributed by atoms with Gasteiger partial charge < -0.3 is 9.30 Å². The molecule has 1 aromatic carbocycles. The number of ether oxygens (including phenoxy) is 1. The first kappa shape index (κ1) is 15.2. The molecule has 1 heterocycles. The number of aryl methyl sites for hydroxylation is 1. The molecule has 0 saturated heterocycles. The number of rotatable bonds is 6. The summed E-state index contributed by atoms with van der Waals surface area (Å²) in [5.74, 6) is -0.474. The van der Waals surface area contributed by atoms with Gasteiger partial charge in [-0.1, -0.05) is 12.1 Å². The zero-order valence-corrected chi connectivity index (χ0v) is 11.8. The van der Waals surface area contributed by atoms with Crippen molar-refractivity contribution in [1.82, 2.24) is 9.99 Å². The summed E-state index contributed by atoms with van der Waals surface area (Å²) in [7, 11) is 1.85. The molecule has 114 valence electrons. The normalized spacial score (nSPS) is 10.6. The van der Waals surface area contributed by atoms with Crippen LogP contribution in [0.15, 0.2) is 47.7 Å². The molecule has 1 aromatic heterocycles. The predicted molar refractivity (Wildman–Crippen MR) is 79.7 cm³/mol. The number of hydrogen-bond donors (Lipinski definition) is 1. The van der Waals surface area contributed by atoms with Gasteiger partial charge in [-0.15, -0.1) is 0 Å². The first-order chi connectivity index (χ1) is 10.6. The summed E-state index contributed by atoms with van der Waals surface area (Å²) in [6, 6.07) is 9.53. The van der Waals surface area contributed by atoms with Crippen LogP contribution in [0.2, 0.25) is 0 Å². The average Bonchev–Trinajstić information content (AvgIpc) is 2.91. The van der Waals surface area contributed by atoms with Crippen molar-refractivity contribution in [2.24, 2.45) is 12.1 Å². The van der Waals surface area contributed by atoms with Gasteiger partial charge in [0, 0.05) is 19.3 Å². The van der Waals surface area contributed by atoms with Crippen LogP contribution in [0.3, 0.4) is 0 Å². The fourth-order valence-electron chi connectivity index (χ4n) is 1.68. The molecule has 1 N–H and O–H groups in total. The van der Waals surface area contributed by atoms with Crippen LogP contribution in [0.1, 0.15) is 5.69 Å². The SMILES string of the molecule is Cn1cccc1/C=N\NC(=O)COc1ccccc1[N+](=O)[O-]. The Labute approximate surface area is 126 Å². The number of amides is 1. The number of benzene rings is 1. The van der Waals surface area contributed by atoms with Crippen molar-refractivity contribution in [2.75, 3.05) is 6.61 Å². The van der Waals surface area contributed by atoms with E-state index in [2.05, 4.69) is 10.5 Å². The molecule has 1 amide bonds. The van der Waals surface area contributed by atoms with Crippen LogP contribution in [-0.4, -0.2) is 28.2 Å². The second-order valence-corrected chi connectivity index (χ2v) is 4.35. The zero-order valence-electron chi connectivity index (χ0n) is 11.8. The number of para-hydroxylation sites is 2. The number of aromatic nitrogens is 1. The Morgan fingerprint density at radius 3 is 2.86 bits per heavy atom. The summed E-state index contributed by atoms with van der Waals surface area (Å²) < 4.78 is 6.97. The van der Waals surface area contributed by atoms with Crippen LogP contribution < -0.4 is 10.2 Å². The van der Waals surface area contributed by atoms with Gasteiger partial charge in [0.05, 0.1) is 16.8 Å². The van der Waals surface area contributed by atoms with Crippen LogP contribution in [0.5, 0.6) is 5.75 Å². The van der Waals surface area contributed by atoms with Crippen molar-refractivity contribution in [3.63, 3.8) is 0 Å². The minimum atomic E-state index is -0.569. The maximum atomic E-state index is 11.6. The van der Waals surface area contributed by atoms with Gasteiger partial charge in [0.25, 0.3) is 5.91 Å². The van der Waals surface area contributed by atoms with Crippen LogP contribution in [0.25, 0.3) is 0 Å². The second-order valence-electron chi connectivity index (χ2n) is 4.35. The topological polar surface area (TPSA) is 98.8 Å². The summed E-state index contributed by atoms with van der Waals surface area (Å²) in [5.41, 5.74) is 2.92. The van der Waals surface area contributed by atoms with Crippen molar-refractivity contribution in [1.29, 1.82) is 0 Å². The summed E-state index contributed by atoms with van der Waals surface area (Å²) in [6.45, 7) is -0.366. The molecule has 0 spiro atoms. The van der Waals surface area contributed by atoms with Crippen molar-refractivity contribution in [2.45, 2.75) is 0 Å². The predicted octanol–water partition coefficient (Wildman–Crippen LogP) is 1.46. The van der Waals surface area contributed by atoms with E-state index >= 15 is 0 Å². The summed E-state index contributed by atoms with van der Waals surface area (Å²) in [5, 5.41) is 14.6. The molecule has 0 saturated carbocycles.